The second-order valence-corrected chi connectivity index (χ2v) is 9.24. The Morgan fingerprint density at radius 3 is 2.79 bits per heavy atom. The Bertz CT molecular complexity index is 1070. The molecule has 2 aliphatic rings. The smallest absolute Gasteiger partial charge is 0.259 e. The van der Waals surface area contributed by atoms with Gasteiger partial charge in [0.05, 0.1) is 19.2 Å². The Labute approximate surface area is 200 Å². The van der Waals surface area contributed by atoms with Gasteiger partial charge in [0.25, 0.3) is 11.8 Å². The zero-order valence-electron chi connectivity index (χ0n) is 20.0. The topological polar surface area (TPSA) is 95.9 Å². The molecule has 0 bridgehead atoms. The largest absolute Gasteiger partial charge is 0.472 e. The SMILES string of the molecule is C[C@@H]1CN([C@@H](C)CO)C(=O)c2cc(C3=CCCC3)cnc2O[C@@H]1CN(C)C(=O)c1ccncc1. The van der Waals surface area contributed by atoms with E-state index in [0.717, 1.165) is 24.8 Å². The quantitative estimate of drug-likeness (QED) is 0.706. The molecule has 3 atom stereocenters. The molecule has 1 aliphatic heterocycles. The normalized spacial score (nSPS) is 21.1. The number of carbonyl (C=O) groups excluding carboxylic acids is 2. The van der Waals surface area contributed by atoms with Crippen molar-refractivity contribution < 1.29 is 19.4 Å². The van der Waals surface area contributed by atoms with E-state index in [4.69, 9.17) is 4.74 Å². The first-order chi connectivity index (χ1) is 16.4. The fraction of sp³-hybridized carbons (Fsp3) is 0.462. The highest BCUT2D eigenvalue weighted by atomic mass is 16.5. The molecule has 0 spiro atoms. The van der Waals surface area contributed by atoms with Crippen molar-refractivity contribution in [2.45, 2.75) is 45.3 Å². The number of likely N-dealkylation sites (N-methyl/N-ethyl adjacent to an activating group) is 1. The fourth-order valence-electron chi connectivity index (χ4n) is 4.50. The van der Waals surface area contributed by atoms with Crippen LogP contribution >= 0.6 is 0 Å². The van der Waals surface area contributed by atoms with E-state index in [9.17, 15) is 14.7 Å². The van der Waals surface area contributed by atoms with Crippen LogP contribution in [0.25, 0.3) is 5.57 Å². The number of aliphatic hydroxyl groups excluding tert-OH is 1. The number of allylic oxidation sites excluding steroid dienone is 2. The van der Waals surface area contributed by atoms with E-state index in [-0.39, 0.29) is 42.4 Å². The first kappa shape index (κ1) is 23.9. The molecule has 2 aromatic heterocycles. The molecule has 2 aromatic rings. The lowest BCUT2D eigenvalue weighted by molar-refractivity contribution is 0.0313. The third-order valence-electron chi connectivity index (χ3n) is 6.66. The van der Waals surface area contributed by atoms with Gasteiger partial charge in [-0.2, -0.15) is 0 Å². The Morgan fingerprint density at radius 2 is 2.12 bits per heavy atom. The molecule has 3 heterocycles. The van der Waals surface area contributed by atoms with Gasteiger partial charge in [-0.1, -0.05) is 13.0 Å². The van der Waals surface area contributed by atoms with E-state index in [0.29, 0.717) is 24.2 Å². The van der Waals surface area contributed by atoms with Crippen LogP contribution < -0.4 is 4.74 Å². The minimum absolute atomic E-state index is 0.0993. The zero-order valence-corrected chi connectivity index (χ0v) is 20.0. The summed E-state index contributed by atoms with van der Waals surface area (Å²) >= 11 is 0. The predicted octanol–water partition coefficient (Wildman–Crippen LogP) is 3.04. The van der Waals surface area contributed by atoms with Crippen molar-refractivity contribution in [1.82, 2.24) is 19.8 Å². The Balaban J connectivity index is 1.65. The Morgan fingerprint density at radius 1 is 1.35 bits per heavy atom. The van der Waals surface area contributed by atoms with Crippen LogP contribution in [0.2, 0.25) is 0 Å². The number of pyridine rings is 2. The van der Waals surface area contributed by atoms with Gasteiger partial charge < -0.3 is 19.6 Å². The number of ether oxygens (including phenoxy) is 1. The van der Waals surface area contributed by atoms with Crippen LogP contribution in [0.1, 0.15) is 59.4 Å². The Kier molecular flexibility index (Phi) is 7.26. The van der Waals surface area contributed by atoms with Crippen LogP contribution in [-0.2, 0) is 0 Å². The van der Waals surface area contributed by atoms with Gasteiger partial charge in [-0.05, 0) is 55.5 Å². The number of nitrogens with zero attached hydrogens (tertiary/aromatic N) is 4. The zero-order chi connectivity index (χ0) is 24.2. The number of rotatable bonds is 6. The third-order valence-corrected chi connectivity index (χ3v) is 6.66. The second kappa shape index (κ2) is 10.3. The minimum Gasteiger partial charge on any atom is -0.472 e. The summed E-state index contributed by atoms with van der Waals surface area (Å²) in [6.07, 6.45) is 9.84. The number of fused-ring (bicyclic) bond motifs is 1. The summed E-state index contributed by atoms with van der Waals surface area (Å²) < 4.78 is 6.31. The summed E-state index contributed by atoms with van der Waals surface area (Å²) in [6.45, 7) is 4.40. The van der Waals surface area contributed by atoms with Crippen molar-refractivity contribution in [3.63, 3.8) is 0 Å². The minimum atomic E-state index is -0.389. The van der Waals surface area contributed by atoms with E-state index in [1.165, 1.54) is 5.57 Å². The lowest BCUT2D eigenvalue weighted by Gasteiger charge is -2.37. The number of hydrogen-bond donors (Lipinski definition) is 1. The van der Waals surface area contributed by atoms with Crippen LogP contribution in [0.5, 0.6) is 5.88 Å². The van der Waals surface area contributed by atoms with Crippen molar-refractivity contribution in [1.29, 1.82) is 0 Å². The number of aromatic nitrogens is 2. The lowest BCUT2D eigenvalue weighted by Crippen LogP contribution is -2.50. The van der Waals surface area contributed by atoms with E-state index in [1.807, 2.05) is 19.9 Å². The maximum absolute atomic E-state index is 13.5. The van der Waals surface area contributed by atoms with Gasteiger partial charge in [0.15, 0.2) is 0 Å². The van der Waals surface area contributed by atoms with Crippen molar-refractivity contribution >= 4 is 17.4 Å². The molecule has 0 saturated heterocycles. The van der Waals surface area contributed by atoms with Crippen LogP contribution in [0.3, 0.4) is 0 Å². The Hall–Kier alpha value is -3.26. The molecule has 2 amide bonds. The van der Waals surface area contributed by atoms with Crippen LogP contribution in [0.4, 0.5) is 0 Å². The molecular weight excluding hydrogens is 432 g/mol. The molecule has 34 heavy (non-hydrogen) atoms. The van der Waals surface area contributed by atoms with Crippen molar-refractivity contribution in [3.8, 4) is 5.88 Å². The number of aliphatic hydroxyl groups is 1. The fourth-order valence-corrected chi connectivity index (χ4v) is 4.50. The van der Waals surface area contributed by atoms with Gasteiger partial charge in [-0.3, -0.25) is 14.6 Å². The molecule has 0 radical (unpaired) electrons. The summed E-state index contributed by atoms with van der Waals surface area (Å²) in [5, 5.41) is 9.83. The number of hydrogen-bond acceptors (Lipinski definition) is 6. The maximum Gasteiger partial charge on any atom is 0.259 e. The van der Waals surface area contributed by atoms with Crippen LogP contribution in [-0.4, -0.2) is 75.6 Å². The van der Waals surface area contributed by atoms with Gasteiger partial charge in [0.1, 0.15) is 11.7 Å². The summed E-state index contributed by atoms with van der Waals surface area (Å²) in [4.78, 5) is 38.3. The molecule has 4 rings (SSSR count). The van der Waals surface area contributed by atoms with Crippen molar-refractivity contribution in [2.24, 2.45) is 5.92 Å². The third kappa shape index (κ3) is 4.97. The average Bonchev–Trinajstić information content (AvgIpc) is 3.40. The molecule has 0 saturated carbocycles. The molecule has 8 heteroatoms. The first-order valence-corrected chi connectivity index (χ1v) is 11.8. The molecule has 0 unspecified atom stereocenters. The van der Waals surface area contributed by atoms with Gasteiger partial charge >= 0.3 is 0 Å². The molecule has 180 valence electrons. The monoisotopic (exact) mass is 464 g/mol. The predicted molar refractivity (Wildman–Crippen MR) is 128 cm³/mol. The number of amides is 2. The molecule has 0 fully saturated rings. The summed E-state index contributed by atoms with van der Waals surface area (Å²) in [5.74, 6) is -0.161. The highest BCUT2D eigenvalue weighted by molar-refractivity contribution is 5.97. The van der Waals surface area contributed by atoms with E-state index in [2.05, 4.69) is 16.0 Å². The van der Waals surface area contributed by atoms with Crippen LogP contribution in [0, 0.1) is 5.92 Å². The first-order valence-electron chi connectivity index (χ1n) is 11.8. The van der Waals surface area contributed by atoms with Gasteiger partial charge in [-0.15, -0.1) is 0 Å². The molecule has 8 nitrogen and oxygen atoms in total. The molecule has 1 aliphatic carbocycles. The molecule has 0 aromatic carbocycles. The second-order valence-electron chi connectivity index (χ2n) is 9.24. The standard InChI is InChI=1S/C26H32N4O4/c1-17-14-30(18(2)16-31)26(33)22-12-21(19-6-4-5-7-19)13-28-24(22)34-23(17)15-29(3)25(32)20-8-10-27-11-9-20/h6,8-13,17-18,23,31H,4-5,7,14-16H2,1-3H3/t17-,18+,23-/m1/s1. The van der Waals surface area contributed by atoms with Crippen LogP contribution in [0.15, 0.2) is 42.9 Å². The molecule has 1 N–H and O–H groups in total. The van der Waals surface area contributed by atoms with E-state index in [1.54, 1.807) is 47.6 Å². The summed E-state index contributed by atoms with van der Waals surface area (Å²) in [6, 6.07) is 4.87. The van der Waals surface area contributed by atoms with E-state index < -0.39 is 0 Å². The highest BCUT2D eigenvalue weighted by Crippen LogP contribution is 2.32. The van der Waals surface area contributed by atoms with Crippen molar-refractivity contribution in [2.75, 3.05) is 26.7 Å². The van der Waals surface area contributed by atoms with Gasteiger partial charge in [0.2, 0.25) is 5.88 Å². The van der Waals surface area contributed by atoms with Crippen molar-refractivity contribution in [3.05, 3.63) is 59.6 Å². The molecular formula is C26H32N4O4. The van der Waals surface area contributed by atoms with Gasteiger partial charge in [-0.25, -0.2) is 4.98 Å². The van der Waals surface area contributed by atoms with E-state index >= 15 is 0 Å². The number of carbonyl (C=O) groups is 2. The average molecular weight is 465 g/mol. The van der Waals surface area contributed by atoms with Gasteiger partial charge in [0, 0.05) is 43.7 Å². The lowest BCUT2D eigenvalue weighted by atomic mass is 9.99. The summed E-state index contributed by atoms with van der Waals surface area (Å²) in [5.41, 5.74) is 3.07. The summed E-state index contributed by atoms with van der Waals surface area (Å²) in [7, 11) is 1.74. The maximum atomic E-state index is 13.5. The highest BCUT2D eigenvalue weighted by Gasteiger charge is 2.35.